The number of nitrogens with one attached hydrogen (secondary N) is 1. The highest BCUT2D eigenvalue weighted by Crippen LogP contribution is 2.22. The minimum Gasteiger partial charge on any atom is -0.380 e. The maximum absolute atomic E-state index is 5.18. The van der Waals surface area contributed by atoms with Crippen LogP contribution in [0.1, 0.15) is 26.2 Å². The van der Waals surface area contributed by atoms with E-state index in [1.54, 1.807) is 12.6 Å². The van der Waals surface area contributed by atoms with Gasteiger partial charge in [-0.3, -0.25) is 0 Å². The van der Waals surface area contributed by atoms with Gasteiger partial charge in [0.1, 0.15) is 0 Å². The van der Waals surface area contributed by atoms with Crippen LogP contribution in [-0.2, 0) is 4.74 Å². The van der Waals surface area contributed by atoms with Crippen LogP contribution in [0.5, 0.6) is 0 Å². The Bertz CT molecular complexity index is 271. The lowest BCUT2D eigenvalue weighted by molar-refractivity contribution is 0.220. The van der Waals surface area contributed by atoms with E-state index in [0.29, 0.717) is 5.92 Å². The summed E-state index contributed by atoms with van der Waals surface area (Å²) < 4.78 is 5.18. The summed E-state index contributed by atoms with van der Waals surface area (Å²) in [6.45, 7) is 2.96. The maximum Gasteiger partial charge on any atom is 0.0673 e. The molecule has 0 spiro atoms. The first-order chi connectivity index (χ1) is 7.27. The van der Waals surface area contributed by atoms with E-state index in [1.807, 2.05) is 0 Å². The minimum absolute atomic E-state index is 0.492. The molecule has 1 N–H and O–H groups in total. The Balaban J connectivity index is 2.63. The SMILES string of the molecule is COC/C1=C/CC/C=C(/NC=S)C(C)C1. The highest BCUT2D eigenvalue weighted by Gasteiger charge is 2.12. The molecule has 1 atom stereocenters. The van der Waals surface area contributed by atoms with Crippen molar-refractivity contribution in [3.05, 3.63) is 23.4 Å². The van der Waals surface area contributed by atoms with Crippen molar-refractivity contribution >= 4 is 17.7 Å². The van der Waals surface area contributed by atoms with Gasteiger partial charge in [0, 0.05) is 12.8 Å². The number of thiocarbonyl (C=S) groups is 1. The highest BCUT2D eigenvalue weighted by molar-refractivity contribution is 7.78. The Hall–Kier alpha value is -0.670. The monoisotopic (exact) mass is 225 g/mol. The fourth-order valence-corrected chi connectivity index (χ4v) is 2.02. The Labute approximate surface area is 97.4 Å². The van der Waals surface area contributed by atoms with Gasteiger partial charge in [0.2, 0.25) is 0 Å². The molecule has 0 heterocycles. The first-order valence-electron chi connectivity index (χ1n) is 5.35. The standard InChI is InChI=1S/C12H19NOS/c1-10-7-11(8-14-2)5-3-4-6-12(10)13-9-15/h5-6,9-10H,3-4,7-8H2,1-2H3,(H,13,15)/b11-5+,12-6+. The summed E-state index contributed by atoms with van der Waals surface area (Å²) in [7, 11) is 1.75. The molecular weight excluding hydrogens is 206 g/mol. The van der Waals surface area contributed by atoms with E-state index in [2.05, 4.69) is 24.4 Å². The van der Waals surface area contributed by atoms with Crippen LogP contribution in [0.25, 0.3) is 0 Å². The Morgan fingerprint density at radius 3 is 2.93 bits per heavy atom. The van der Waals surface area contributed by atoms with E-state index in [1.165, 1.54) is 11.3 Å². The lowest BCUT2D eigenvalue weighted by atomic mass is 9.94. The summed E-state index contributed by atoms with van der Waals surface area (Å²) in [5.41, 5.74) is 4.22. The van der Waals surface area contributed by atoms with Crippen LogP contribution in [0.3, 0.4) is 0 Å². The topological polar surface area (TPSA) is 21.3 Å². The zero-order valence-corrected chi connectivity index (χ0v) is 10.3. The Kier molecular flexibility index (Phi) is 5.58. The van der Waals surface area contributed by atoms with Gasteiger partial charge >= 0.3 is 0 Å². The van der Waals surface area contributed by atoms with Crippen molar-refractivity contribution in [3.63, 3.8) is 0 Å². The minimum atomic E-state index is 0.492. The Morgan fingerprint density at radius 1 is 1.53 bits per heavy atom. The summed E-state index contributed by atoms with van der Waals surface area (Å²) in [6, 6.07) is 0. The van der Waals surface area contributed by atoms with E-state index in [-0.39, 0.29) is 0 Å². The second-order valence-electron chi connectivity index (χ2n) is 3.90. The molecule has 0 radical (unpaired) electrons. The molecule has 0 amide bonds. The molecule has 15 heavy (non-hydrogen) atoms. The molecule has 1 aliphatic rings. The van der Waals surface area contributed by atoms with Gasteiger partial charge in [0.15, 0.2) is 0 Å². The van der Waals surface area contributed by atoms with Gasteiger partial charge in [-0.25, -0.2) is 0 Å². The van der Waals surface area contributed by atoms with Crippen LogP contribution in [0.4, 0.5) is 0 Å². The number of methoxy groups -OCH3 is 1. The molecule has 0 fully saturated rings. The highest BCUT2D eigenvalue weighted by atomic mass is 32.1. The molecule has 84 valence electrons. The second kappa shape index (κ2) is 6.75. The van der Waals surface area contributed by atoms with Crippen molar-refractivity contribution in [3.8, 4) is 0 Å². The average Bonchev–Trinajstić information content (AvgIpc) is 2.20. The number of hydrogen-bond acceptors (Lipinski definition) is 2. The van der Waals surface area contributed by atoms with Crippen LogP contribution >= 0.6 is 12.2 Å². The van der Waals surface area contributed by atoms with Gasteiger partial charge in [-0.1, -0.05) is 31.3 Å². The molecule has 1 rings (SSSR count). The molecular formula is C12H19NOS. The zero-order chi connectivity index (χ0) is 11.1. The third-order valence-electron chi connectivity index (χ3n) is 2.62. The third kappa shape index (κ3) is 4.14. The van der Waals surface area contributed by atoms with Crippen molar-refractivity contribution < 1.29 is 4.74 Å². The summed E-state index contributed by atoms with van der Waals surface area (Å²) in [6.07, 6.45) is 7.76. The molecule has 1 unspecified atom stereocenters. The van der Waals surface area contributed by atoms with Gasteiger partial charge in [0.05, 0.1) is 12.1 Å². The number of allylic oxidation sites excluding steroid dienone is 3. The van der Waals surface area contributed by atoms with Crippen LogP contribution < -0.4 is 5.32 Å². The first-order valence-corrected chi connectivity index (χ1v) is 5.82. The maximum atomic E-state index is 5.18. The summed E-state index contributed by atoms with van der Waals surface area (Å²) in [4.78, 5) is 0. The Morgan fingerprint density at radius 2 is 2.27 bits per heavy atom. The summed E-state index contributed by atoms with van der Waals surface area (Å²) >= 11 is 4.83. The van der Waals surface area contributed by atoms with E-state index in [4.69, 9.17) is 17.0 Å². The fraction of sp³-hybridized carbons (Fsp3) is 0.583. The van der Waals surface area contributed by atoms with Crippen molar-refractivity contribution in [1.29, 1.82) is 0 Å². The average molecular weight is 225 g/mol. The van der Waals surface area contributed by atoms with Gasteiger partial charge in [-0.2, -0.15) is 0 Å². The zero-order valence-electron chi connectivity index (χ0n) is 9.45. The van der Waals surface area contributed by atoms with Crippen molar-refractivity contribution in [2.24, 2.45) is 5.92 Å². The third-order valence-corrected chi connectivity index (χ3v) is 2.74. The number of ether oxygens (including phenoxy) is 1. The molecule has 2 nitrogen and oxygen atoms in total. The van der Waals surface area contributed by atoms with Crippen LogP contribution in [-0.4, -0.2) is 19.2 Å². The van der Waals surface area contributed by atoms with Crippen LogP contribution in [0, 0.1) is 5.92 Å². The first kappa shape index (κ1) is 12.4. The van der Waals surface area contributed by atoms with Crippen LogP contribution in [0.15, 0.2) is 23.4 Å². The molecule has 0 saturated carbocycles. The van der Waals surface area contributed by atoms with Gasteiger partial charge in [0.25, 0.3) is 0 Å². The summed E-state index contributed by atoms with van der Waals surface area (Å²) in [5.74, 6) is 0.492. The number of hydrogen-bond donors (Lipinski definition) is 1. The number of rotatable bonds is 4. The molecule has 3 heteroatoms. The smallest absolute Gasteiger partial charge is 0.0673 e. The molecule has 1 aliphatic carbocycles. The van der Waals surface area contributed by atoms with E-state index >= 15 is 0 Å². The molecule has 0 aliphatic heterocycles. The van der Waals surface area contributed by atoms with E-state index < -0.39 is 0 Å². The molecule has 0 saturated heterocycles. The molecule has 0 aromatic carbocycles. The summed E-state index contributed by atoms with van der Waals surface area (Å²) in [5, 5.41) is 3.15. The predicted molar refractivity (Wildman–Crippen MR) is 67.8 cm³/mol. The van der Waals surface area contributed by atoms with Crippen molar-refractivity contribution in [1.82, 2.24) is 5.32 Å². The van der Waals surface area contributed by atoms with Crippen LogP contribution in [0.2, 0.25) is 0 Å². The van der Waals surface area contributed by atoms with Gasteiger partial charge in [-0.15, -0.1) is 0 Å². The lowest BCUT2D eigenvalue weighted by Crippen LogP contribution is -2.18. The lowest BCUT2D eigenvalue weighted by Gasteiger charge is -2.19. The van der Waals surface area contributed by atoms with E-state index in [0.717, 1.165) is 25.9 Å². The van der Waals surface area contributed by atoms with Crippen molar-refractivity contribution in [2.45, 2.75) is 26.2 Å². The largest absolute Gasteiger partial charge is 0.380 e. The molecule has 0 aromatic rings. The predicted octanol–water partition coefficient (Wildman–Crippen LogP) is 2.81. The molecule has 0 bridgehead atoms. The second-order valence-corrected chi connectivity index (χ2v) is 4.14. The van der Waals surface area contributed by atoms with E-state index in [9.17, 15) is 0 Å². The fourth-order valence-electron chi connectivity index (χ4n) is 1.89. The normalized spacial score (nSPS) is 29.1. The van der Waals surface area contributed by atoms with Gasteiger partial charge in [-0.05, 0) is 30.8 Å². The quantitative estimate of drug-likeness (QED) is 0.587. The van der Waals surface area contributed by atoms with Gasteiger partial charge < -0.3 is 10.1 Å². The van der Waals surface area contributed by atoms with Crippen molar-refractivity contribution in [2.75, 3.05) is 13.7 Å². The molecule has 0 aromatic heterocycles.